The summed E-state index contributed by atoms with van der Waals surface area (Å²) in [5.74, 6) is 1.84. The summed E-state index contributed by atoms with van der Waals surface area (Å²) >= 11 is 3.02. The van der Waals surface area contributed by atoms with Crippen LogP contribution in [0.2, 0.25) is 0 Å². The largest absolute Gasteiger partial charge is 0.330 e. The van der Waals surface area contributed by atoms with E-state index in [1.54, 1.807) is 18.0 Å². The Morgan fingerprint density at radius 2 is 2.60 bits per heavy atom. The number of nitrogens with one attached hydrogen (secondary N) is 1. The molecule has 1 aromatic rings. The SMILES string of the molecule is CC(CN)CSCC(=O)Nc1nccs1. The second-order valence-electron chi connectivity index (χ2n) is 3.24. The van der Waals surface area contributed by atoms with Crippen LogP contribution in [-0.4, -0.2) is 28.9 Å². The number of rotatable bonds is 6. The molecule has 0 aromatic carbocycles. The highest BCUT2D eigenvalue weighted by molar-refractivity contribution is 7.99. The van der Waals surface area contributed by atoms with Gasteiger partial charge in [0.25, 0.3) is 0 Å². The summed E-state index contributed by atoms with van der Waals surface area (Å²) in [4.78, 5) is 15.4. The van der Waals surface area contributed by atoms with E-state index in [1.807, 2.05) is 5.38 Å². The van der Waals surface area contributed by atoms with Gasteiger partial charge < -0.3 is 11.1 Å². The van der Waals surface area contributed by atoms with E-state index in [0.717, 1.165) is 5.75 Å². The molecule has 0 spiro atoms. The van der Waals surface area contributed by atoms with Gasteiger partial charge >= 0.3 is 0 Å². The fourth-order valence-corrected chi connectivity index (χ4v) is 2.32. The summed E-state index contributed by atoms with van der Waals surface area (Å²) in [7, 11) is 0. The predicted octanol–water partition coefficient (Wildman–Crippen LogP) is 1.41. The quantitative estimate of drug-likeness (QED) is 0.795. The van der Waals surface area contributed by atoms with Crippen molar-refractivity contribution in [2.75, 3.05) is 23.4 Å². The number of hydrogen-bond donors (Lipinski definition) is 2. The fraction of sp³-hybridized carbons (Fsp3) is 0.556. The highest BCUT2D eigenvalue weighted by Crippen LogP contribution is 2.12. The Labute approximate surface area is 97.7 Å². The maximum absolute atomic E-state index is 11.4. The standard InChI is InChI=1S/C9H15N3OS2/c1-7(4-10)5-14-6-8(13)12-9-11-2-3-15-9/h2-3,7H,4-6,10H2,1H3,(H,11,12,13). The normalized spacial score (nSPS) is 12.4. The van der Waals surface area contributed by atoms with Crippen LogP contribution in [0.15, 0.2) is 11.6 Å². The highest BCUT2D eigenvalue weighted by atomic mass is 32.2. The van der Waals surface area contributed by atoms with Crippen molar-refractivity contribution in [3.05, 3.63) is 11.6 Å². The first-order valence-electron chi connectivity index (χ1n) is 4.69. The van der Waals surface area contributed by atoms with Gasteiger partial charge in [0.1, 0.15) is 0 Å². The molecule has 0 fully saturated rings. The summed E-state index contributed by atoms with van der Waals surface area (Å²) in [6, 6.07) is 0. The molecule has 0 aliphatic heterocycles. The summed E-state index contributed by atoms with van der Waals surface area (Å²) in [6.07, 6.45) is 1.67. The van der Waals surface area contributed by atoms with E-state index in [1.165, 1.54) is 11.3 Å². The number of carbonyl (C=O) groups is 1. The van der Waals surface area contributed by atoms with Gasteiger partial charge in [0, 0.05) is 11.6 Å². The number of nitrogens with zero attached hydrogens (tertiary/aromatic N) is 1. The zero-order chi connectivity index (χ0) is 11.1. The van der Waals surface area contributed by atoms with Crippen molar-refractivity contribution in [3.63, 3.8) is 0 Å². The van der Waals surface area contributed by atoms with Crippen LogP contribution in [0.4, 0.5) is 5.13 Å². The van der Waals surface area contributed by atoms with Gasteiger partial charge in [-0.15, -0.1) is 11.3 Å². The Bertz CT molecular complexity index is 290. The number of anilines is 1. The molecule has 1 rings (SSSR count). The van der Waals surface area contributed by atoms with E-state index in [4.69, 9.17) is 5.73 Å². The second kappa shape index (κ2) is 6.81. The van der Waals surface area contributed by atoms with Crippen LogP contribution >= 0.6 is 23.1 Å². The number of nitrogens with two attached hydrogens (primary N) is 1. The van der Waals surface area contributed by atoms with Crippen LogP contribution in [0.3, 0.4) is 0 Å². The summed E-state index contributed by atoms with van der Waals surface area (Å²) in [5, 5.41) is 5.22. The Balaban J connectivity index is 2.14. The van der Waals surface area contributed by atoms with Gasteiger partial charge in [-0.3, -0.25) is 4.79 Å². The molecule has 15 heavy (non-hydrogen) atoms. The van der Waals surface area contributed by atoms with Crippen molar-refractivity contribution in [1.82, 2.24) is 4.98 Å². The molecular formula is C9H15N3OS2. The molecule has 6 heteroatoms. The first-order chi connectivity index (χ1) is 7.22. The van der Waals surface area contributed by atoms with E-state index in [0.29, 0.717) is 23.3 Å². The minimum Gasteiger partial charge on any atom is -0.330 e. The second-order valence-corrected chi connectivity index (χ2v) is 5.17. The topological polar surface area (TPSA) is 68.0 Å². The molecule has 0 saturated heterocycles. The number of amides is 1. The van der Waals surface area contributed by atoms with E-state index >= 15 is 0 Å². The number of thioether (sulfide) groups is 1. The molecule has 84 valence electrons. The lowest BCUT2D eigenvalue weighted by Gasteiger charge is -2.06. The Kier molecular flexibility index (Phi) is 5.67. The van der Waals surface area contributed by atoms with Crippen molar-refractivity contribution in [2.45, 2.75) is 6.92 Å². The molecule has 3 N–H and O–H groups in total. The Morgan fingerprint density at radius 1 is 1.80 bits per heavy atom. The zero-order valence-electron chi connectivity index (χ0n) is 8.60. The first kappa shape index (κ1) is 12.5. The van der Waals surface area contributed by atoms with Crippen LogP contribution in [0.5, 0.6) is 0 Å². The van der Waals surface area contributed by atoms with Crippen LogP contribution in [0.1, 0.15) is 6.92 Å². The maximum atomic E-state index is 11.4. The van der Waals surface area contributed by atoms with Gasteiger partial charge in [-0.1, -0.05) is 6.92 Å². The number of thiazole rings is 1. The van der Waals surface area contributed by atoms with Crippen LogP contribution < -0.4 is 11.1 Å². The smallest absolute Gasteiger partial charge is 0.236 e. The van der Waals surface area contributed by atoms with Gasteiger partial charge in [0.15, 0.2) is 5.13 Å². The lowest BCUT2D eigenvalue weighted by Crippen LogP contribution is -2.17. The average Bonchev–Trinajstić information content (AvgIpc) is 2.70. The average molecular weight is 245 g/mol. The predicted molar refractivity (Wildman–Crippen MR) is 66.3 cm³/mol. The molecule has 1 heterocycles. The molecule has 0 bridgehead atoms. The van der Waals surface area contributed by atoms with Crippen LogP contribution in [0, 0.1) is 5.92 Å². The number of hydrogen-bond acceptors (Lipinski definition) is 5. The van der Waals surface area contributed by atoms with E-state index in [-0.39, 0.29) is 5.91 Å². The molecule has 4 nitrogen and oxygen atoms in total. The van der Waals surface area contributed by atoms with Crippen molar-refractivity contribution in [2.24, 2.45) is 11.7 Å². The van der Waals surface area contributed by atoms with E-state index in [2.05, 4.69) is 17.2 Å². The van der Waals surface area contributed by atoms with Gasteiger partial charge in [-0.25, -0.2) is 4.98 Å². The minimum atomic E-state index is -0.000767. The van der Waals surface area contributed by atoms with Gasteiger partial charge in [0.2, 0.25) is 5.91 Å². The first-order valence-corrected chi connectivity index (χ1v) is 6.73. The fourth-order valence-electron chi connectivity index (χ4n) is 0.861. The molecule has 1 amide bonds. The third kappa shape index (κ3) is 5.15. The molecule has 0 saturated carbocycles. The van der Waals surface area contributed by atoms with Crippen molar-refractivity contribution in [1.29, 1.82) is 0 Å². The van der Waals surface area contributed by atoms with Gasteiger partial charge in [-0.2, -0.15) is 11.8 Å². The van der Waals surface area contributed by atoms with E-state index in [9.17, 15) is 4.79 Å². The lowest BCUT2D eigenvalue weighted by atomic mass is 10.2. The summed E-state index contributed by atoms with van der Waals surface area (Å²) in [5.41, 5.74) is 5.48. The van der Waals surface area contributed by atoms with Crippen molar-refractivity contribution < 1.29 is 4.79 Å². The minimum absolute atomic E-state index is 0.000767. The third-order valence-electron chi connectivity index (χ3n) is 1.72. The molecule has 1 unspecified atom stereocenters. The van der Waals surface area contributed by atoms with Crippen molar-refractivity contribution in [3.8, 4) is 0 Å². The van der Waals surface area contributed by atoms with Gasteiger partial charge in [0.05, 0.1) is 5.75 Å². The number of aromatic nitrogens is 1. The molecule has 1 aromatic heterocycles. The highest BCUT2D eigenvalue weighted by Gasteiger charge is 2.05. The van der Waals surface area contributed by atoms with Crippen molar-refractivity contribution >= 4 is 34.1 Å². The van der Waals surface area contributed by atoms with Crippen LogP contribution in [0.25, 0.3) is 0 Å². The van der Waals surface area contributed by atoms with E-state index < -0.39 is 0 Å². The number of carbonyl (C=O) groups excluding carboxylic acids is 1. The Morgan fingerprint density at radius 3 is 3.20 bits per heavy atom. The molecule has 1 atom stereocenters. The Hall–Kier alpha value is -0.590. The monoisotopic (exact) mass is 245 g/mol. The summed E-state index contributed by atoms with van der Waals surface area (Å²) in [6.45, 7) is 2.74. The molecule has 0 radical (unpaired) electrons. The third-order valence-corrected chi connectivity index (χ3v) is 3.68. The molecule has 0 aliphatic carbocycles. The van der Waals surface area contributed by atoms with Crippen LogP contribution in [-0.2, 0) is 4.79 Å². The lowest BCUT2D eigenvalue weighted by molar-refractivity contribution is -0.113. The summed E-state index contributed by atoms with van der Waals surface area (Å²) < 4.78 is 0. The zero-order valence-corrected chi connectivity index (χ0v) is 10.2. The maximum Gasteiger partial charge on any atom is 0.236 e. The molecule has 0 aliphatic rings. The molecular weight excluding hydrogens is 230 g/mol. The van der Waals surface area contributed by atoms with Gasteiger partial charge in [-0.05, 0) is 18.2 Å².